The monoisotopic (exact) mass is 390 g/mol. The number of carbonyl (C=O) groups excluding carboxylic acids is 2. The van der Waals surface area contributed by atoms with E-state index in [-0.39, 0.29) is 11.7 Å². The average Bonchev–Trinajstić information content (AvgIpc) is 3.11. The minimum atomic E-state index is -1.34. The van der Waals surface area contributed by atoms with E-state index in [0.29, 0.717) is 19.6 Å². The fraction of sp³-hybridized carbons (Fsp3) is 0.360. The van der Waals surface area contributed by atoms with E-state index in [2.05, 4.69) is 0 Å². The zero-order valence-corrected chi connectivity index (χ0v) is 17.1. The number of ether oxygens (including phenoxy) is 2. The Balaban J connectivity index is 2.06. The first kappa shape index (κ1) is 19.6. The molecule has 2 aromatic carbocycles. The van der Waals surface area contributed by atoms with Crippen LogP contribution in [-0.2, 0) is 19.1 Å². The number of benzene rings is 2. The van der Waals surface area contributed by atoms with Crippen LogP contribution in [0.1, 0.15) is 31.4 Å². The summed E-state index contributed by atoms with van der Waals surface area (Å²) in [7, 11) is 1.36. The molecule has 0 spiro atoms. The van der Waals surface area contributed by atoms with Crippen LogP contribution in [0.3, 0.4) is 0 Å². The van der Waals surface area contributed by atoms with Crippen molar-refractivity contribution >= 4 is 22.9 Å². The lowest BCUT2D eigenvalue weighted by Gasteiger charge is -2.36. The van der Waals surface area contributed by atoms with Crippen LogP contribution in [0.25, 0.3) is 11.1 Å². The summed E-state index contributed by atoms with van der Waals surface area (Å²) in [5.41, 5.74) is 1.47. The Hall–Kier alpha value is -2.72. The third kappa shape index (κ3) is 2.62. The Bertz CT molecular complexity index is 963. The van der Waals surface area contributed by atoms with E-state index in [4.69, 9.17) is 9.47 Å². The van der Waals surface area contributed by atoms with Crippen LogP contribution in [0.5, 0.6) is 0 Å². The van der Waals surface area contributed by atoms with Crippen LogP contribution in [-0.4, -0.2) is 32.1 Å². The molecule has 0 amide bonds. The number of Topliss-reactive ketones (excluding diaryl/α,β-unsaturated/α-hetero) is 1. The molecule has 3 atom stereocenters. The predicted octanol–water partition coefficient (Wildman–Crippen LogP) is 4.40. The minimum absolute atomic E-state index is 0.0701. The first-order valence-corrected chi connectivity index (χ1v) is 10.1. The maximum Gasteiger partial charge on any atom is 0.324 e. The van der Waals surface area contributed by atoms with E-state index >= 15 is 0 Å². The van der Waals surface area contributed by atoms with Gasteiger partial charge in [-0.1, -0.05) is 60.7 Å². The van der Waals surface area contributed by atoms with Gasteiger partial charge in [0.1, 0.15) is 0 Å². The van der Waals surface area contributed by atoms with Crippen LogP contribution in [0.2, 0.25) is 0 Å². The van der Waals surface area contributed by atoms with Gasteiger partial charge in [-0.25, -0.2) is 0 Å². The number of rotatable bonds is 6. The molecule has 0 aromatic heterocycles. The van der Waals surface area contributed by atoms with E-state index in [1.807, 2.05) is 74.5 Å². The molecular weight excluding hydrogens is 364 g/mol. The van der Waals surface area contributed by atoms with Crippen LogP contribution < -0.4 is 0 Å². The topological polar surface area (TPSA) is 52.6 Å². The number of esters is 1. The van der Waals surface area contributed by atoms with Crippen molar-refractivity contribution in [3.8, 4) is 0 Å². The van der Waals surface area contributed by atoms with E-state index in [0.717, 1.165) is 22.3 Å². The zero-order valence-electron chi connectivity index (χ0n) is 17.1. The summed E-state index contributed by atoms with van der Waals surface area (Å²) in [5, 5.41) is 0. The average molecular weight is 390 g/mol. The number of allylic oxidation sites excluding steroid dienone is 1. The van der Waals surface area contributed by atoms with Gasteiger partial charge in [-0.3, -0.25) is 9.59 Å². The number of methoxy groups -OCH3 is 1. The van der Waals surface area contributed by atoms with Crippen molar-refractivity contribution < 1.29 is 19.1 Å². The Morgan fingerprint density at radius 3 is 2.07 bits per heavy atom. The van der Waals surface area contributed by atoms with Gasteiger partial charge in [0, 0.05) is 12.5 Å². The summed E-state index contributed by atoms with van der Waals surface area (Å²) in [6.45, 7) is 4.78. The summed E-state index contributed by atoms with van der Waals surface area (Å²) in [6, 6.07) is 19.7. The van der Waals surface area contributed by atoms with Crippen molar-refractivity contribution in [2.45, 2.75) is 20.3 Å². The molecule has 1 saturated carbocycles. The SMILES string of the molecule is CCOC[C@H]1C[C@]2(C)C(=O)[C@@]1(C(=O)OC)C(c1ccccc1)=C2c1ccccc1. The van der Waals surface area contributed by atoms with Crippen molar-refractivity contribution in [3.05, 3.63) is 71.8 Å². The lowest BCUT2D eigenvalue weighted by Crippen LogP contribution is -2.43. The first-order chi connectivity index (χ1) is 14.0. The Morgan fingerprint density at radius 1 is 1.00 bits per heavy atom. The van der Waals surface area contributed by atoms with Gasteiger partial charge in [0.05, 0.1) is 19.1 Å². The molecule has 2 aromatic rings. The summed E-state index contributed by atoms with van der Waals surface area (Å²) < 4.78 is 11.0. The van der Waals surface area contributed by atoms with E-state index in [1.54, 1.807) is 0 Å². The fourth-order valence-electron chi connectivity index (χ4n) is 5.38. The number of hydrogen-bond donors (Lipinski definition) is 0. The van der Waals surface area contributed by atoms with Crippen LogP contribution in [0, 0.1) is 16.7 Å². The van der Waals surface area contributed by atoms with Crippen molar-refractivity contribution in [2.75, 3.05) is 20.3 Å². The maximum absolute atomic E-state index is 14.0. The van der Waals surface area contributed by atoms with Crippen molar-refractivity contribution in [1.29, 1.82) is 0 Å². The molecule has 4 rings (SSSR count). The van der Waals surface area contributed by atoms with E-state index in [9.17, 15) is 9.59 Å². The van der Waals surface area contributed by atoms with Gasteiger partial charge in [0.15, 0.2) is 11.2 Å². The Labute approximate surface area is 171 Å². The normalized spacial score (nSPS) is 28.1. The summed E-state index contributed by atoms with van der Waals surface area (Å²) in [5.74, 6) is -0.810. The van der Waals surface area contributed by atoms with Crippen LogP contribution >= 0.6 is 0 Å². The number of hydrogen-bond acceptors (Lipinski definition) is 4. The summed E-state index contributed by atoms with van der Waals surface area (Å²) in [6.07, 6.45) is 0.571. The molecule has 2 bridgehead atoms. The van der Waals surface area contributed by atoms with Gasteiger partial charge in [-0.15, -0.1) is 0 Å². The second-order valence-corrected chi connectivity index (χ2v) is 8.00. The third-order valence-corrected chi connectivity index (χ3v) is 6.48. The lowest BCUT2D eigenvalue weighted by atomic mass is 9.66. The molecule has 0 aliphatic heterocycles. The van der Waals surface area contributed by atoms with Gasteiger partial charge in [-0.05, 0) is 42.5 Å². The minimum Gasteiger partial charge on any atom is -0.468 e. The van der Waals surface area contributed by atoms with Gasteiger partial charge >= 0.3 is 5.97 Å². The van der Waals surface area contributed by atoms with Crippen molar-refractivity contribution in [1.82, 2.24) is 0 Å². The van der Waals surface area contributed by atoms with Gasteiger partial charge < -0.3 is 9.47 Å². The number of fused-ring (bicyclic) bond motifs is 2. The standard InChI is InChI=1S/C25H26O4/c1-4-29-16-19-15-24(2)20(17-11-7-5-8-12-17)21(18-13-9-6-10-14-18)25(19,22(24)26)23(27)28-3/h5-14,19H,4,15-16H2,1-3H3/t19-,24+,25+/m1/s1. The second-order valence-electron chi connectivity index (χ2n) is 8.00. The largest absolute Gasteiger partial charge is 0.468 e. The van der Waals surface area contributed by atoms with Crippen molar-refractivity contribution in [3.63, 3.8) is 0 Å². The highest BCUT2D eigenvalue weighted by molar-refractivity contribution is 6.31. The summed E-state index contributed by atoms with van der Waals surface area (Å²) in [4.78, 5) is 27.3. The molecule has 4 heteroatoms. The number of ketones is 1. The Kier molecular flexibility index (Phi) is 4.91. The molecule has 0 N–H and O–H groups in total. The molecule has 0 radical (unpaired) electrons. The molecule has 150 valence electrons. The van der Waals surface area contributed by atoms with Gasteiger partial charge in [-0.2, -0.15) is 0 Å². The predicted molar refractivity (Wildman–Crippen MR) is 112 cm³/mol. The molecule has 4 nitrogen and oxygen atoms in total. The highest BCUT2D eigenvalue weighted by atomic mass is 16.5. The molecule has 0 unspecified atom stereocenters. The van der Waals surface area contributed by atoms with Gasteiger partial charge in [0.25, 0.3) is 0 Å². The Morgan fingerprint density at radius 2 is 1.55 bits per heavy atom. The van der Waals surface area contributed by atoms with E-state index in [1.165, 1.54) is 7.11 Å². The summed E-state index contributed by atoms with van der Waals surface area (Å²) >= 11 is 0. The quantitative estimate of drug-likeness (QED) is 0.542. The fourth-order valence-corrected chi connectivity index (χ4v) is 5.38. The highest BCUT2D eigenvalue weighted by Gasteiger charge is 2.73. The molecule has 1 fully saturated rings. The molecule has 0 saturated heterocycles. The van der Waals surface area contributed by atoms with Crippen LogP contribution in [0.4, 0.5) is 0 Å². The first-order valence-electron chi connectivity index (χ1n) is 10.1. The number of carbonyl (C=O) groups is 2. The van der Waals surface area contributed by atoms with E-state index < -0.39 is 16.8 Å². The second kappa shape index (κ2) is 7.27. The molecule has 2 aliphatic carbocycles. The maximum atomic E-state index is 14.0. The molecular formula is C25H26O4. The third-order valence-electron chi connectivity index (χ3n) is 6.48. The van der Waals surface area contributed by atoms with Crippen LogP contribution in [0.15, 0.2) is 60.7 Å². The molecule has 29 heavy (non-hydrogen) atoms. The molecule has 2 aliphatic rings. The zero-order chi connectivity index (χ0) is 20.6. The smallest absolute Gasteiger partial charge is 0.324 e. The van der Waals surface area contributed by atoms with Crippen molar-refractivity contribution in [2.24, 2.45) is 16.7 Å². The lowest BCUT2D eigenvalue weighted by molar-refractivity contribution is -0.156. The van der Waals surface area contributed by atoms with Gasteiger partial charge in [0.2, 0.25) is 0 Å². The highest BCUT2D eigenvalue weighted by Crippen LogP contribution is 2.69. The molecule has 0 heterocycles.